The Labute approximate surface area is 126 Å². The Morgan fingerprint density at radius 1 is 1.29 bits per heavy atom. The van der Waals surface area contributed by atoms with Crippen molar-refractivity contribution in [2.75, 3.05) is 6.61 Å². The summed E-state index contributed by atoms with van der Waals surface area (Å²) in [7, 11) is 0. The standard InChI is InChI=1S/C17H26N2O2/c1-6-20-16(17(3,4)5)15(19-18)14-10-12-9-11(2)7-8-13(12)21-14/h7-10,15-16,19H,6,18H2,1-5H3. The van der Waals surface area contributed by atoms with Gasteiger partial charge in [0.15, 0.2) is 0 Å². The van der Waals surface area contributed by atoms with Crippen LogP contribution in [0.25, 0.3) is 11.0 Å². The van der Waals surface area contributed by atoms with Gasteiger partial charge in [0.05, 0.1) is 6.10 Å². The molecule has 0 saturated carbocycles. The smallest absolute Gasteiger partial charge is 0.134 e. The van der Waals surface area contributed by atoms with Crippen molar-refractivity contribution in [3.63, 3.8) is 0 Å². The van der Waals surface area contributed by atoms with Gasteiger partial charge >= 0.3 is 0 Å². The van der Waals surface area contributed by atoms with E-state index in [1.54, 1.807) is 0 Å². The Morgan fingerprint density at radius 2 is 2.00 bits per heavy atom. The Morgan fingerprint density at radius 3 is 2.57 bits per heavy atom. The minimum absolute atomic E-state index is 0.0536. The number of hydrazine groups is 1. The van der Waals surface area contributed by atoms with Crippen molar-refractivity contribution < 1.29 is 9.15 Å². The van der Waals surface area contributed by atoms with Crippen LogP contribution in [0.1, 0.15) is 45.1 Å². The lowest BCUT2D eigenvalue weighted by Crippen LogP contribution is -2.44. The molecular weight excluding hydrogens is 264 g/mol. The van der Waals surface area contributed by atoms with Crippen LogP contribution in [0.15, 0.2) is 28.7 Å². The SMILES string of the molecule is CCOC(C(NN)c1cc2cc(C)ccc2o1)C(C)(C)C. The van der Waals surface area contributed by atoms with E-state index in [0.717, 1.165) is 16.7 Å². The lowest BCUT2D eigenvalue weighted by molar-refractivity contribution is -0.0406. The zero-order valence-corrected chi connectivity index (χ0v) is 13.6. The molecular formula is C17H26N2O2. The minimum Gasteiger partial charge on any atom is -0.459 e. The van der Waals surface area contributed by atoms with Gasteiger partial charge in [-0.15, -0.1) is 0 Å². The quantitative estimate of drug-likeness (QED) is 0.651. The van der Waals surface area contributed by atoms with Gasteiger partial charge in [0, 0.05) is 12.0 Å². The van der Waals surface area contributed by atoms with Gasteiger partial charge < -0.3 is 9.15 Å². The number of nitrogens with one attached hydrogen (secondary N) is 1. The monoisotopic (exact) mass is 290 g/mol. The molecule has 0 amide bonds. The average Bonchev–Trinajstić information content (AvgIpc) is 2.80. The molecule has 3 N–H and O–H groups in total. The third-order valence-electron chi connectivity index (χ3n) is 3.68. The predicted octanol–water partition coefficient (Wildman–Crippen LogP) is 3.70. The summed E-state index contributed by atoms with van der Waals surface area (Å²) in [5.41, 5.74) is 4.90. The summed E-state index contributed by atoms with van der Waals surface area (Å²) in [6.07, 6.45) is -0.0749. The second-order valence-electron chi connectivity index (χ2n) is 6.58. The predicted molar refractivity (Wildman–Crippen MR) is 85.9 cm³/mol. The van der Waals surface area contributed by atoms with Crippen molar-refractivity contribution in [1.29, 1.82) is 0 Å². The highest BCUT2D eigenvalue weighted by molar-refractivity contribution is 5.78. The highest BCUT2D eigenvalue weighted by atomic mass is 16.5. The van der Waals surface area contributed by atoms with Crippen molar-refractivity contribution >= 4 is 11.0 Å². The molecule has 0 bridgehead atoms. The van der Waals surface area contributed by atoms with E-state index in [1.165, 1.54) is 5.56 Å². The first kappa shape index (κ1) is 16.0. The summed E-state index contributed by atoms with van der Waals surface area (Å²) in [6.45, 7) is 11.1. The number of nitrogens with two attached hydrogens (primary N) is 1. The van der Waals surface area contributed by atoms with E-state index in [4.69, 9.17) is 15.0 Å². The summed E-state index contributed by atoms with van der Waals surface area (Å²) < 4.78 is 11.9. The average molecular weight is 290 g/mol. The Kier molecular flexibility index (Phi) is 4.71. The first-order valence-corrected chi connectivity index (χ1v) is 7.44. The van der Waals surface area contributed by atoms with Crippen LogP contribution in [0.3, 0.4) is 0 Å². The summed E-state index contributed by atoms with van der Waals surface area (Å²) in [5.74, 6) is 6.61. The Balaban J connectivity index is 2.41. The second-order valence-corrected chi connectivity index (χ2v) is 6.58. The van der Waals surface area contributed by atoms with Gasteiger partial charge in [0.25, 0.3) is 0 Å². The lowest BCUT2D eigenvalue weighted by Gasteiger charge is -2.35. The lowest BCUT2D eigenvalue weighted by atomic mass is 9.83. The second kappa shape index (κ2) is 6.18. The maximum Gasteiger partial charge on any atom is 0.134 e. The van der Waals surface area contributed by atoms with E-state index in [0.29, 0.717) is 6.61 Å². The highest BCUT2D eigenvalue weighted by Crippen LogP contribution is 2.35. The van der Waals surface area contributed by atoms with Gasteiger partial charge in [-0.25, -0.2) is 5.43 Å². The number of furan rings is 1. The van der Waals surface area contributed by atoms with E-state index in [2.05, 4.69) is 39.2 Å². The van der Waals surface area contributed by atoms with Gasteiger partial charge in [-0.05, 0) is 37.5 Å². The van der Waals surface area contributed by atoms with E-state index in [1.807, 2.05) is 25.1 Å². The Hall–Kier alpha value is -1.36. The van der Waals surface area contributed by atoms with Crippen LogP contribution < -0.4 is 11.3 Å². The molecule has 0 radical (unpaired) electrons. The zero-order chi connectivity index (χ0) is 15.6. The summed E-state index contributed by atoms with van der Waals surface area (Å²) in [4.78, 5) is 0. The number of ether oxygens (including phenoxy) is 1. The third kappa shape index (κ3) is 3.46. The molecule has 0 aliphatic carbocycles. The molecule has 1 aromatic heterocycles. The highest BCUT2D eigenvalue weighted by Gasteiger charge is 2.35. The number of fused-ring (bicyclic) bond motifs is 1. The van der Waals surface area contributed by atoms with Gasteiger partial charge in [0.1, 0.15) is 17.4 Å². The van der Waals surface area contributed by atoms with Crippen LogP contribution >= 0.6 is 0 Å². The number of benzene rings is 1. The first-order chi connectivity index (χ1) is 9.86. The number of hydrogen-bond donors (Lipinski definition) is 2. The summed E-state index contributed by atoms with van der Waals surface area (Å²) in [6, 6.07) is 8.02. The van der Waals surface area contributed by atoms with E-state index in [9.17, 15) is 0 Å². The van der Waals surface area contributed by atoms with Crippen molar-refractivity contribution in [1.82, 2.24) is 5.43 Å². The van der Waals surface area contributed by atoms with Crippen LogP contribution in [0, 0.1) is 12.3 Å². The molecule has 116 valence electrons. The van der Waals surface area contributed by atoms with Crippen LogP contribution in [0.5, 0.6) is 0 Å². The van der Waals surface area contributed by atoms with Crippen LogP contribution in [-0.2, 0) is 4.74 Å². The number of rotatable bonds is 5. The molecule has 0 saturated heterocycles. The molecule has 2 aromatic rings. The van der Waals surface area contributed by atoms with Crippen LogP contribution in [-0.4, -0.2) is 12.7 Å². The van der Waals surface area contributed by atoms with Gasteiger partial charge in [-0.3, -0.25) is 5.84 Å². The molecule has 0 spiro atoms. The van der Waals surface area contributed by atoms with Gasteiger partial charge in [-0.1, -0.05) is 32.4 Å². The molecule has 1 aromatic carbocycles. The molecule has 2 rings (SSSR count). The summed E-state index contributed by atoms with van der Waals surface area (Å²) >= 11 is 0. The third-order valence-corrected chi connectivity index (χ3v) is 3.68. The fourth-order valence-corrected chi connectivity index (χ4v) is 2.68. The minimum atomic E-state index is -0.183. The molecule has 4 heteroatoms. The first-order valence-electron chi connectivity index (χ1n) is 7.44. The maximum absolute atomic E-state index is 5.98. The van der Waals surface area contributed by atoms with E-state index < -0.39 is 0 Å². The Bertz CT molecular complexity index is 598. The molecule has 0 aliphatic rings. The topological polar surface area (TPSA) is 60.4 Å². The van der Waals surface area contributed by atoms with Crippen molar-refractivity contribution in [3.8, 4) is 0 Å². The molecule has 0 fully saturated rings. The normalized spacial score (nSPS) is 15.3. The molecule has 4 nitrogen and oxygen atoms in total. The largest absolute Gasteiger partial charge is 0.459 e. The van der Waals surface area contributed by atoms with Gasteiger partial charge in [-0.2, -0.15) is 0 Å². The van der Waals surface area contributed by atoms with Crippen LogP contribution in [0.2, 0.25) is 0 Å². The van der Waals surface area contributed by atoms with Crippen LogP contribution in [0.4, 0.5) is 0 Å². The number of aryl methyl sites for hydroxylation is 1. The molecule has 1 heterocycles. The van der Waals surface area contributed by atoms with E-state index in [-0.39, 0.29) is 17.6 Å². The molecule has 2 unspecified atom stereocenters. The van der Waals surface area contributed by atoms with E-state index >= 15 is 0 Å². The molecule has 2 atom stereocenters. The fraction of sp³-hybridized carbons (Fsp3) is 0.529. The maximum atomic E-state index is 5.98. The van der Waals surface area contributed by atoms with Crippen molar-refractivity contribution in [3.05, 3.63) is 35.6 Å². The number of hydrogen-bond acceptors (Lipinski definition) is 4. The molecule has 0 aliphatic heterocycles. The zero-order valence-electron chi connectivity index (χ0n) is 13.6. The summed E-state index contributed by atoms with van der Waals surface area (Å²) in [5, 5.41) is 1.09. The van der Waals surface area contributed by atoms with Gasteiger partial charge in [0.2, 0.25) is 0 Å². The molecule has 21 heavy (non-hydrogen) atoms. The van der Waals surface area contributed by atoms with Crippen molar-refractivity contribution in [2.24, 2.45) is 11.3 Å². The fourth-order valence-electron chi connectivity index (χ4n) is 2.68. The van der Waals surface area contributed by atoms with Crippen molar-refractivity contribution in [2.45, 2.75) is 46.8 Å².